The second kappa shape index (κ2) is 6.43. The van der Waals surface area contributed by atoms with Crippen LogP contribution in [0.3, 0.4) is 0 Å². The number of H-pyrrole nitrogens is 1. The molecule has 1 aromatic carbocycles. The van der Waals surface area contributed by atoms with Crippen molar-refractivity contribution in [3.63, 3.8) is 0 Å². The lowest BCUT2D eigenvalue weighted by Crippen LogP contribution is -2.14. The predicted octanol–water partition coefficient (Wildman–Crippen LogP) is 1.94. The molecular formula is C16H18N6O. The monoisotopic (exact) mass is 310 g/mol. The van der Waals surface area contributed by atoms with Gasteiger partial charge in [0.05, 0.1) is 5.56 Å². The van der Waals surface area contributed by atoms with E-state index in [4.69, 9.17) is 0 Å². The molecule has 2 aromatic heterocycles. The van der Waals surface area contributed by atoms with Gasteiger partial charge < -0.3 is 9.88 Å². The summed E-state index contributed by atoms with van der Waals surface area (Å²) in [7, 11) is 1.95. The minimum atomic E-state index is -0.0980. The van der Waals surface area contributed by atoms with Crippen molar-refractivity contribution in [2.45, 2.75) is 19.8 Å². The number of hydrogen-bond donors (Lipinski definition) is 2. The van der Waals surface area contributed by atoms with Gasteiger partial charge in [-0.3, -0.25) is 4.79 Å². The van der Waals surface area contributed by atoms with Crippen molar-refractivity contribution in [1.82, 2.24) is 25.2 Å². The van der Waals surface area contributed by atoms with Gasteiger partial charge >= 0.3 is 0 Å². The second-order valence-corrected chi connectivity index (χ2v) is 5.30. The number of rotatable bonds is 5. The largest absolute Gasteiger partial charge is 0.354 e. The summed E-state index contributed by atoms with van der Waals surface area (Å²) < 4.78 is 1.97. The summed E-state index contributed by atoms with van der Waals surface area (Å²) in [6.07, 6.45) is 3.27. The smallest absolute Gasteiger partial charge is 0.257 e. The number of amides is 1. The molecule has 0 aliphatic heterocycles. The van der Waals surface area contributed by atoms with Crippen LogP contribution in [0.15, 0.2) is 36.5 Å². The molecule has 3 rings (SSSR count). The maximum absolute atomic E-state index is 12.5. The third-order valence-corrected chi connectivity index (χ3v) is 3.72. The summed E-state index contributed by atoms with van der Waals surface area (Å²) in [4.78, 5) is 12.5. The first-order valence-corrected chi connectivity index (χ1v) is 7.44. The molecule has 0 saturated heterocycles. The molecule has 7 heteroatoms. The Labute approximate surface area is 133 Å². The average Bonchev–Trinajstić information content (AvgIpc) is 3.17. The van der Waals surface area contributed by atoms with Crippen LogP contribution < -0.4 is 5.32 Å². The van der Waals surface area contributed by atoms with Crippen LogP contribution in [0.5, 0.6) is 0 Å². The number of nitrogens with one attached hydrogen (secondary N) is 2. The van der Waals surface area contributed by atoms with Gasteiger partial charge in [0.1, 0.15) is 0 Å². The van der Waals surface area contributed by atoms with Gasteiger partial charge in [-0.25, -0.2) is 0 Å². The Morgan fingerprint density at radius 3 is 2.96 bits per heavy atom. The summed E-state index contributed by atoms with van der Waals surface area (Å²) in [5.74, 6) is 0.518. The summed E-state index contributed by atoms with van der Waals surface area (Å²) in [6, 6.07) is 9.50. The van der Waals surface area contributed by atoms with E-state index in [1.165, 1.54) is 0 Å². The van der Waals surface area contributed by atoms with Crippen LogP contribution in [0.1, 0.15) is 34.4 Å². The molecule has 0 saturated carbocycles. The van der Waals surface area contributed by atoms with Crippen molar-refractivity contribution < 1.29 is 4.79 Å². The van der Waals surface area contributed by atoms with E-state index in [0.717, 1.165) is 23.4 Å². The summed E-state index contributed by atoms with van der Waals surface area (Å²) in [6.45, 7) is 2.04. The first-order valence-electron chi connectivity index (χ1n) is 7.44. The molecule has 118 valence electrons. The van der Waals surface area contributed by atoms with Gasteiger partial charge in [0, 0.05) is 31.0 Å². The molecule has 0 spiro atoms. The van der Waals surface area contributed by atoms with Crippen LogP contribution in [0.25, 0.3) is 0 Å². The normalized spacial score (nSPS) is 10.7. The number of nitrogens with zero attached hydrogens (tertiary/aromatic N) is 4. The number of aryl methyl sites for hydroxylation is 1. The van der Waals surface area contributed by atoms with Crippen LogP contribution in [0, 0.1) is 0 Å². The van der Waals surface area contributed by atoms with Crippen molar-refractivity contribution in [2.75, 3.05) is 5.32 Å². The number of aromatic nitrogens is 5. The van der Waals surface area contributed by atoms with E-state index >= 15 is 0 Å². The fourth-order valence-electron chi connectivity index (χ4n) is 2.61. The van der Waals surface area contributed by atoms with Crippen LogP contribution >= 0.6 is 0 Å². The number of carbonyl (C=O) groups is 1. The second-order valence-electron chi connectivity index (χ2n) is 5.30. The third kappa shape index (κ3) is 3.28. The molecule has 0 fully saturated rings. The minimum absolute atomic E-state index is 0.0980. The molecule has 23 heavy (non-hydrogen) atoms. The number of benzene rings is 1. The van der Waals surface area contributed by atoms with Crippen LogP contribution in [0.4, 0.5) is 5.69 Å². The topological polar surface area (TPSA) is 88.5 Å². The molecule has 0 radical (unpaired) electrons. The van der Waals surface area contributed by atoms with Gasteiger partial charge in [-0.15, -0.1) is 10.2 Å². The fourth-order valence-corrected chi connectivity index (χ4v) is 2.61. The zero-order chi connectivity index (χ0) is 16.2. The SMILES string of the molecule is CCc1c(C(=O)Nc2cccc(Cc3nn[nH]n3)c2)ccn1C. The van der Waals surface area contributed by atoms with Crippen molar-refractivity contribution in [3.05, 3.63) is 59.2 Å². The van der Waals surface area contributed by atoms with Crippen LogP contribution in [-0.2, 0) is 19.9 Å². The maximum atomic E-state index is 12.5. The zero-order valence-corrected chi connectivity index (χ0v) is 13.1. The summed E-state index contributed by atoms with van der Waals surface area (Å²) in [5.41, 5.74) is 3.49. The van der Waals surface area contributed by atoms with Crippen molar-refractivity contribution in [3.8, 4) is 0 Å². The Balaban J connectivity index is 1.76. The van der Waals surface area contributed by atoms with Gasteiger partial charge in [-0.2, -0.15) is 5.21 Å². The van der Waals surface area contributed by atoms with E-state index in [-0.39, 0.29) is 5.91 Å². The lowest BCUT2D eigenvalue weighted by molar-refractivity contribution is 0.102. The average molecular weight is 310 g/mol. The van der Waals surface area contributed by atoms with Gasteiger partial charge in [-0.05, 0) is 30.2 Å². The van der Waals surface area contributed by atoms with E-state index in [2.05, 4.69) is 25.9 Å². The van der Waals surface area contributed by atoms with Crippen LogP contribution in [-0.4, -0.2) is 31.1 Å². The van der Waals surface area contributed by atoms with E-state index in [9.17, 15) is 4.79 Å². The molecule has 0 aliphatic rings. The summed E-state index contributed by atoms with van der Waals surface area (Å²) >= 11 is 0. The highest BCUT2D eigenvalue weighted by Gasteiger charge is 2.13. The highest BCUT2D eigenvalue weighted by molar-refractivity contribution is 6.05. The molecule has 0 atom stereocenters. The number of hydrogen-bond acceptors (Lipinski definition) is 4. The maximum Gasteiger partial charge on any atom is 0.257 e. The predicted molar refractivity (Wildman–Crippen MR) is 86.2 cm³/mol. The van der Waals surface area contributed by atoms with Crippen LogP contribution in [0.2, 0.25) is 0 Å². The standard InChI is InChI=1S/C16H18N6O/c1-3-14-13(7-8-22(14)2)16(23)17-12-6-4-5-11(9-12)10-15-18-20-21-19-15/h4-9H,3,10H2,1-2H3,(H,17,23)(H,18,19,20,21). The van der Waals surface area contributed by atoms with Crippen molar-refractivity contribution >= 4 is 11.6 Å². The van der Waals surface area contributed by atoms with E-state index < -0.39 is 0 Å². The first kappa shape index (κ1) is 15.0. The first-order chi connectivity index (χ1) is 11.2. The summed E-state index contributed by atoms with van der Waals surface area (Å²) in [5, 5.41) is 16.8. The number of tetrazole rings is 1. The molecular weight excluding hydrogens is 292 g/mol. The molecule has 0 unspecified atom stereocenters. The number of aromatic amines is 1. The Bertz CT molecular complexity index is 806. The van der Waals surface area contributed by atoms with Gasteiger partial charge in [-0.1, -0.05) is 24.3 Å². The molecule has 2 N–H and O–H groups in total. The number of anilines is 1. The highest BCUT2D eigenvalue weighted by atomic mass is 16.1. The van der Waals surface area contributed by atoms with Gasteiger partial charge in [0.25, 0.3) is 5.91 Å². The lowest BCUT2D eigenvalue weighted by Gasteiger charge is -2.08. The third-order valence-electron chi connectivity index (χ3n) is 3.72. The molecule has 2 heterocycles. The van der Waals surface area contributed by atoms with Gasteiger partial charge in [0.15, 0.2) is 5.82 Å². The van der Waals surface area contributed by atoms with E-state index in [1.807, 2.05) is 55.1 Å². The van der Waals surface area contributed by atoms with Gasteiger partial charge in [0.2, 0.25) is 0 Å². The molecule has 0 bridgehead atoms. The minimum Gasteiger partial charge on any atom is -0.354 e. The Hall–Kier alpha value is -2.96. The zero-order valence-electron chi connectivity index (χ0n) is 13.1. The van der Waals surface area contributed by atoms with Crippen molar-refractivity contribution in [2.24, 2.45) is 7.05 Å². The molecule has 1 amide bonds. The number of carbonyl (C=O) groups excluding carboxylic acids is 1. The van der Waals surface area contributed by atoms with E-state index in [1.54, 1.807) is 0 Å². The lowest BCUT2D eigenvalue weighted by atomic mass is 10.1. The molecule has 0 aliphatic carbocycles. The Kier molecular flexibility index (Phi) is 4.18. The quantitative estimate of drug-likeness (QED) is 0.754. The molecule has 3 aromatic rings. The highest BCUT2D eigenvalue weighted by Crippen LogP contribution is 2.16. The van der Waals surface area contributed by atoms with E-state index in [0.29, 0.717) is 17.8 Å². The van der Waals surface area contributed by atoms with Crippen molar-refractivity contribution in [1.29, 1.82) is 0 Å². The Morgan fingerprint density at radius 1 is 1.35 bits per heavy atom. The fraction of sp³-hybridized carbons (Fsp3) is 0.250. The Morgan fingerprint density at radius 2 is 2.22 bits per heavy atom. The molecule has 7 nitrogen and oxygen atoms in total.